The van der Waals surface area contributed by atoms with E-state index in [9.17, 15) is 4.79 Å². The van der Waals surface area contributed by atoms with Gasteiger partial charge in [0.2, 0.25) is 0 Å². The standard InChI is InChI=1S/C15H13N3O/c1-2-18-15(19)12-9-6-10-16-14(12)13(17-18)11-7-4-3-5-8-11/h3-10H,2H2,1H3. The van der Waals surface area contributed by atoms with Crippen molar-refractivity contribution in [3.8, 4) is 11.3 Å². The molecule has 2 aromatic heterocycles. The first-order chi connectivity index (χ1) is 9.31. The third-order valence-corrected chi connectivity index (χ3v) is 3.06. The second-order valence-corrected chi connectivity index (χ2v) is 4.24. The summed E-state index contributed by atoms with van der Waals surface area (Å²) in [6.45, 7) is 2.45. The summed E-state index contributed by atoms with van der Waals surface area (Å²) in [6.07, 6.45) is 1.69. The quantitative estimate of drug-likeness (QED) is 0.703. The summed E-state index contributed by atoms with van der Waals surface area (Å²) >= 11 is 0. The van der Waals surface area contributed by atoms with Gasteiger partial charge in [0, 0.05) is 18.3 Å². The Morgan fingerprint density at radius 2 is 1.89 bits per heavy atom. The van der Waals surface area contributed by atoms with Gasteiger partial charge < -0.3 is 0 Å². The van der Waals surface area contributed by atoms with Crippen molar-refractivity contribution in [1.29, 1.82) is 0 Å². The maximum absolute atomic E-state index is 12.2. The molecule has 0 unspecified atom stereocenters. The first kappa shape index (κ1) is 11.6. The van der Waals surface area contributed by atoms with Crippen LogP contribution in [0.15, 0.2) is 53.5 Å². The van der Waals surface area contributed by atoms with Crippen molar-refractivity contribution in [3.05, 3.63) is 59.0 Å². The molecule has 19 heavy (non-hydrogen) atoms. The Labute approximate surface area is 110 Å². The highest BCUT2D eigenvalue weighted by molar-refractivity contribution is 5.90. The third kappa shape index (κ3) is 1.91. The summed E-state index contributed by atoms with van der Waals surface area (Å²) in [6, 6.07) is 13.4. The van der Waals surface area contributed by atoms with Crippen LogP contribution < -0.4 is 5.56 Å². The normalized spacial score (nSPS) is 10.8. The highest BCUT2D eigenvalue weighted by atomic mass is 16.1. The molecule has 0 aliphatic carbocycles. The van der Waals surface area contributed by atoms with Crippen molar-refractivity contribution >= 4 is 10.9 Å². The Bertz CT molecular complexity index is 778. The highest BCUT2D eigenvalue weighted by Gasteiger charge is 2.11. The van der Waals surface area contributed by atoms with Crippen molar-refractivity contribution in [2.75, 3.05) is 0 Å². The lowest BCUT2D eigenvalue weighted by molar-refractivity contribution is 0.626. The fourth-order valence-electron chi connectivity index (χ4n) is 2.12. The lowest BCUT2D eigenvalue weighted by atomic mass is 10.1. The Kier molecular flexibility index (Phi) is 2.83. The van der Waals surface area contributed by atoms with Gasteiger partial charge in [0.25, 0.3) is 5.56 Å². The van der Waals surface area contributed by atoms with Crippen LogP contribution in [0.2, 0.25) is 0 Å². The average molecular weight is 251 g/mol. The molecule has 0 amide bonds. The monoisotopic (exact) mass is 251 g/mol. The van der Waals surface area contributed by atoms with Gasteiger partial charge in [-0.15, -0.1) is 0 Å². The zero-order valence-electron chi connectivity index (χ0n) is 10.6. The number of hydrogen-bond acceptors (Lipinski definition) is 3. The predicted octanol–water partition coefficient (Wildman–Crippen LogP) is 2.48. The van der Waals surface area contributed by atoms with Crippen LogP contribution in [0.5, 0.6) is 0 Å². The smallest absolute Gasteiger partial charge is 0.267 e. The molecule has 0 saturated heterocycles. The number of fused-ring (bicyclic) bond motifs is 1. The maximum atomic E-state index is 12.2. The maximum Gasteiger partial charge on any atom is 0.276 e. The van der Waals surface area contributed by atoms with Crippen molar-refractivity contribution in [2.45, 2.75) is 13.5 Å². The molecule has 0 spiro atoms. The highest BCUT2D eigenvalue weighted by Crippen LogP contribution is 2.22. The Morgan fingerprint density at radius 3 is 2.63 bits per heavy atom. The summed E-state index contributed by atoms with van der Waals surface area (Å²) in [7, 11) is 0. The van der Waals surface area contributed by atoms with Gasteiger partial charge >= 0.3 is 0 Å². The second kappa shape index (κ2) is 4.65. The average Bonchev–Trinajstić information content (AvgIpc) is 2.49. The number of benzene rings is 1. The van der Waals surface area contributed by atoms with E-state index in [-0.39, 0.29) is 5.56 Å². The number of aryl methyl sites for hydroxylation is 1. The fraction of sp³-hybridized carbons (Fsp3) is 0.133. The minimum absolute atomic E-state index is 0.0923. The van der Waals surface area contributed by atoms with E-state index in [0.717, 1.165) is 11.3 Å². The van der Waals surface area contributed by atoms with E-state index < -0.39 is 0 Å². The first-order valence-corrected chi connectivity index (χ1v) is 6.22. The summed E-state index contributed by atoms with van der Waals surface area (Å²) in [5.74, 6) is 0. The van der Waals surface area contributed by atoms with E-state index in [1.807, 2.05) is 37.3 Å². The number of rotatable bonds is 2. The number of aromatic nitrogens is 3. The number of hydrogen-bond donors (Lipinski definition) is 0. The second-order valence-electron chi connectivity index (χ2n) is 4.24. The van der Waals surface area contributed by atoms with Gasteiger partial charge in [-0.3, -0.25) is 9.78 Å². The Balaban J connectivity index is 2.42. The van der Waals surface area contributed by atoms with Crippen molar-refractivity contribution < 1.29 is 0 Å². The fourth-order valence-corrected chi connectivity index (χ4v) is 2.12. The molecule has 4 nitrogen and oxygen atoms in total. The molecule has 3 rings (SSSR count). The SMILES string of the molecule is CCn1nc(-c2ccccc2)c2ncccc2c1=O. The Morgan fingerprint density at radius 1 is 1.11 bits per heavy atom. The van der Waals surface area contributed by atoms with Crippen molar-refractivity contribution in [2.24, 2.45) is 0 Å². The molecule has 0 atom stereocenters. The molecule has 0 radical (unpaired) electrons. The van der Waals surface area contributed by atoms with Crippen LogP contribution in [-0.4, -0.2) is 14.8 Å². The third-order valence-electron chi connectivity index (χ3n) is 3.06. The number of nitrogens with zero attached hydrogens (tertiary/aromatic N) is 3. The van der Waals surface area contributed by atoms with Crippen LogP contribution in [0.1, 0.15) is 6.92 Å². The van der Waals surface area contributed by atoms with Crippen LogP contribution in [0, 0.1) is 0 Å². The summed E-state index contributed by atoms with van der Waals surface area (Å²) in [4.78, 5) is 16.5. The molecule has 0 saturated carbocycles. The molecule has 94 valence electrons. The van der Waals surface area contributed by atoms with Crippen molar-refractivity contribution in [3.63, 3.8) is 0 Å². The molecular formula is C15H13N3O. The predicted molar refractivity (Wildman–Crippen MR) is 74.9 cm³/mol. The molecule has 0 aliphatic heterocycles. The van der Waals surface area contributed by atoms with E-state index in [1.54, 1.807) is 18.3 Å². The molecule has 1 aromatic carbocycles. The van der Waals surface area contributed by atoms with Gasteiger partial charge in [0.1, 0.15) is 11.2 Å². The molecule has 0 bridgehead atoms. The van der Waals surface area contributed by atoms with E-state index in [0.29, 0.717) is 17.4 Å². The topological polar surface area (TPSA) is 47.8 Å². The van der Waals surface area contributed by atoms with Crippen LogP contribution in [0.4, 0.5) is 0 Å². The number of pyridine rings is 1. The molecule has 3 aromatic rings. The molecule has 2 heterocycles. The molecule has 0 N–H and O–H groups in total. The lowest BCUT2D eigenvalue weighted by Gasteiger charge is -2.08. The molecular weight excluding hydrogens is 238 g/mol. The van der Waals surface area contributed by atoms with E-state index >= 15 is 0 Å². The van der Waals surface area contributed by atoms with E-state index in [2.05, 4.69) is 10.1 Å². The van der Waals surface area contributed by atoms with Gasteiger partial charge in [-0.1, -0.05) is 30.3 Å². The van der Waals surface area contributed by atoms with Crippen LogP contribution >= 0.6 is 0 Å². The largest absolute Gasteiger partial charge is 0.276 e. The van der Waals surface area contributed by atoms with E-state index in [4.69, 9.17) is 0 Å². The van der Waals surface area contributed by atoms with Crippen LogP contribution in [0.3, 0.4) is 0 Å². The van der Waals surface area contributed by atoms with Gasteiger partial charge in [-0.2, -0.15) is 5.10 Å². The first-order valence-electron chi connectivity index (χ1n) is 6.22. The minimum Gasteiger partial charge on any atom is -0.267 e. The minimum atomic E-state index is -0.0923. The Hall–Kier alpha value is -2.49. The zero-order chi connectivity index (χ0) is 13.2. The molecule has 0 fully saturated rings. The van der Waals surface area contributed by atoms with Gasteiger partial charge in [0.15, 0.2) is 0 Å². The van der Waals surface area contributed by atoms with Crippen LogP contribution in [-0.2, 0) is 6.54 Å². The van der Waals surface area contributed by atoms with Crippen molar-refractivity contribution in [1.82, 2.24) is 14.8 Å². The van der Waals surface area contributed by atoms with E-state index in [1.165, 1.54) is 4.68 Å². The molecule has 0 aliphatic rings. The molecule has 4 heteroatoms. The van der Waals surface area contributed by atoms with Gasteiger partial charge in [0.05, 0.1) is 5.39 Å². The lowest BCUT2D eigenvalue weighted by Crippen LogP contribution is -2.23. The summed E-state index contributed by atoms with van der Waals surface area (Å²) in [5, 5.41) is 5.04. The van der Waals surface area contributed by atoms with Gasteiger partial charge in [-0.05, 0) is 19.1 Å². The summed E-state index contributed by atoms with van der Waals surface area (Å²) in [5.41, 5.74) is 2.28. The van der Waals surface area contributed by atoms with Crippen LogP contribution in [0.25, 0.3) is 22.2 Å². The van der Waals surface area contributed by atoms with Gasteiger partial charge in [-0.25, -0.2) is 4.68 Å². The summed E-state index contributed by atoms with van der Waals surface area (Å²) < 4.78 is 1.48. The zero-order valence-corrected chi connectivity index (χ0v) is 10.6.